The number of rotatable bonds is 4. The summed E-state index contributed by atoms with van der Waals surface area (Å²) in [5, 5.41) is 11.6. The highest BCUT2D eigenvalue weighted by atomic mass is 35.5. The van der Waals surface area contributed by atoms with Crippen LogP contribution in [0.2, 0.25) is 5.02 Å². The average Bonchev–Trinajstić information content (AvgIpc) is 3.20. The van der Waals surface area contributed by atoms with Crippen molar-refractivity contribution in [2.24, 2.45) is 0 Å². The van der Waals surface area contributed by atoms with E-state index in [0.29, 0.717) is 24.2 Å². The fraction of sp³-hybridized carbons (Fsp3) is 0.273. The SMILES string of the molecule is O=C1NC(=O)N(C2CCCCC2)C(=O)/C1=C\c1ccc(-c2ccc(Cl)c(C(=O)O)c2)o1. The third-order valence-corrected chi connectivity index (χ3v) is 5.80. The standard InChI is InChI=1S/C22H19ClN2O6/c23-17-8-6-12(10-15(17)21(28)29)18-9-7-14(31-18)11-16-19(26)24-22(30)25(20(16)27)13-4-2-1-3-5-13/h6-11,13H,1-5H2,(H,28,29)(H,24,26,30)/b16-11-. The Kier molecular flexibility index (Phi) is 5.65. The summed E-state index contributed by atoms with van der Waals surface area (Å²) in [5.41, 5.74) is 0.220. The van der Waals surface area contributed by atoms with Gasteiger partial charge >= 0.3 is 12.0 Å². The lowest BCUT2D eigenvalue weighted by Crippen LogP contribution is -2.58. The first-order valence-corrected chi connectivity index (χ1v) is 10.3. The van der Waals surface area contributed by atoms with Crippen LogP contribution < -0.4 is 5.32 Å². The molecule has 160 valence electrons. The van der Waals surface area contributed by atoms with Crippen LogP contribution in [-0.2, 0) is 9.59 Å². The summed E-state index contributed by atoms with van der Waals surface area (Å²) in [6, 6.07) is 6.66. The number of imide groups is 2. The van der Waals surface area contributed by atoms with Gasteiger partial charge in [-0.3, -0.25) is 19.8 Å². The van der Waals surface area contributed by atoms with Gasteiger partial charge in [-0.2, -0.15) is 0 Å². The number of hydrogen-bond acceptors (Lipinski definition) is 5. The van der Waals surface area contributed by atoms with Crippen molar-refractivity contribution in [3.8, 4) is 11.3 Å². The van der Waals surface area contributed by atoms with Crippen molar-refractivity contribution in [2.75, 3.05) is 0 Å². The molecule has 9 heteroatoms. The van der Waals surface area contributed by atoms with Gasteiger partial charge in [0.1, 0.15) is 17.1 Å². The van der Waals surface area contributed by atoms with Gasteiger partial charge in [-0.15, -0.1) is 0 Å². The third kappa shape index (κ3) is 4.11. The molecule has 1 aromatic heterocycles. The Morgan fingerprint density at radius 1 is 1.13 bits per heavy atom. The molecule has 1 aliphatic heterocycles. The van der Waals surface area contributed by atoms with Crippen molar-refractivity contribution in [1.82, 2.24) is 10.2 Å². The maximum atomic E-state index is 12.9. The Balaban J connectivity index is 1.62. The van der Waals surface area contributed by atoms with Gasteiger partial charge in [-0.05, 0) is 49.2 Å². The third-order valence-electron chi connectivity index (χ3n) is 5.47. The average molecular weight is 443 g/mol. The maximum absolute atomic E-state index is 12.9. The van der Waals surface area contributed by atoms with Gasteiger partial charge in [0.15, 0.2) is 0 Å². The molecule has 1 saturated heterocycles. The zero-order chi connectivity index (χ0) is 22.1. The van der Waals surface area contributed by atoms with Gasteiger partial charge in [-0.25, -0.2) is 9.59 Å². The fourth-order valence-electron chi connectivity index (χ4n) is 3.91. The molecule has 2 fully saturated rings. The second-order valence-corrected chi connectivity index (χ2v) is 7.89. The van der Waals surface area contributed by atoms with Crippen LogP contribution in [0.25, 0.3) is 17.4 Å². The molecular formula is C22H19ClN2O6. The number of aromatic carboxylic acids is 1. The molecule has 1 aromatic carbocycles. The number of benzene rings is 1. The smallest absolute Gasteiger partial charge is 0.337 e. The minimum absolute atomic E-state index is 0.0704. The van der Waals surface area contributed by atoms with Gasteiger partial charge in [0.05, 0.1) is 10.6 Å². The van der Waals surface area contributed by atoms with E-state index in [2.05, 4.69) is 5.32 Å². The molecule has 2 N–H and O–H groups in total. The van der Waals surface area contributed by atoms with Crippen molar-refractivity contribution in [1.29, 1.82) is 0 Å². The number of furan rings is 1. The monoisotopic (exact) mass is 442 g/mol. The van der Waals surface area contributed by atoms with E-state index in [1.54, 1.807) is 18.2 Å². The topological polar surface area (TPSA) is 117 Å². The van der Waals surface area contributed by atoms with Crippen molar-refractivity contribution in [2.45, 2.75) is 38.1 Å². The number of urea groups is 1. The second kappa shape index (κ2) is 8.39. The Morgan fingerprint density at radius 3 is 2.58 bits per heavy atom. The summed E-state index contributed by atoms with van der Waals surface area (Å²) in [4.78, 5) is 50.0. The number of halogens is 1. The first-order chi connectivity index (χ1) is 14.8. The molecule has 4 rings (SSSR count). The van der Waals surface area contributed by atoms with E-state index < -0.39 is 23.8 Å². The van der Waals surface area contributed by atoms with E-state index in [-0.39, 0.29) is 28.0 Å². The summed E-state index contributed by atoms with van der Waals surface area (Å²) >= 11 is 5.90. The molecule has 1 saturated carbocycles. The Morgan fingerprint density at radius 2 is 1.87 bits per heavy atom. The van der Waals surface area contributed by atoms with Gasteiger partial charge in [0, 0.05) is 11.6 Å². The lowest BCUT2D eigenvalue weighted by molar-refractivity contribution is -0.132. The lowest BCUT2D eigenvalue weighted by atomic mass is 9.93. The van der Waals surface area contributed by atoms with E-state index in [0.717, 1.165) is 24.2 Å². The minimum atomic E-state index is -1.17. The highest BCUT2D eigenvalue weighted by molar-refractivity contribution is 6.33. The first-order valence-electron chi connectivity index (χ1n) is 9.89. The van der Waals surface area contributed by atoms with Crippen LogP contribution in [0.3, 0.4) is 0 Å². The van der Waals surface area contributed by atoms with Crippen LogP contribution in [0, 0.1) is 0 Å². The van der Waals surface area contributed by atoms with Crippen LogP contribution in [0.1, 0.15) is 48.2 Å². The van der Waals surface area contributed by atoms with Crippen LogP contribution >= 0.6 is 11.6 Å². The summed E-state index contributed by atoms with van der Waals surface area (Å²) in [7, 11) is 0. The Hall–Kier alpha value is -3.39. The predicted molar refractivity (Wildman–Crippen MR) is 111 cm³/mol. The van der Waals surface area contributed by atoms with Gasteiger partial charge in [0.25, 0.3) is 11.8 Å². The van der Waals surface area contributed by atoms with Gasteiger partial charge < -0.3 is 9.52 Å². The summed E-state index contributed by atoms with van der Waals surface area (Å²) in [6.07, 6.45) is 5.64. The zero-order valence-corrected chi connectivity index (χ0v) is 17.1. The highest BCUT2D eigenvalue weighted by Gasteiger charge is 2.40. The van der Waals surface area contributed by atoms with Crippen molar-refractivity contribution in [3.63, 3.8) is 0 Å². The number of nitrogens with one attached hydrogen (secondary N) is 1. The van der Waals surface area contributed by atoms with E-state index in [9.17, 15) is 24.3 Å². The number of hydrogen-bond donors (Lipinski definition) is 2. The molecule has 8 nitrogen and oxygen atoms in total. The van der Waals surface area contributed by atoms with Crippen LogP contribution in [-0.4, -0.2) is 39.9 Å². The minimum Gasteiger partial charge on any atom is -0.478 e. The predicted octanol–water partition coefficient (Wildman–Crippen LogP) is 4.09. The molecule has 0 spiro atoms. The summed E-state index contributed by atoms with van der Waals surface area (Å²) in [5.74, 6) is -2.02. The summed E-state index contributed by atoms with van der Waals surface area (Å²) in [6.45, 7) is 0. The molecule has 0 atom stereocenters. The molecule has 0 radical (unpaired) electrons. The van der Waals surface area contributed by atoms with Crippen LogP contribution in [0.5, 0.6) is 0 Å². The van der Waals surface area contributed by atoms with E-state index >= 15 is 0 Å². The molecule has 0 unspecified atom stereocenters. The van der Waals surface area contributed by atoms with E-state index in [1.165, 1.54) is 18.2 Å². The van der Waals surface area contributed by atoms with E-state index in [1.807, 2.05) is 0 Å². The number of carboxylic acids is 1. The Labute approximate surface area is 182 Å². The number of nitrogens with zero attached hydrogens (tertiary/aromatic N) is 1. The molecular weight excluding hydrogens is 424 g/mol. The second-order valence-electron chi connectivity index (χ2n) is 7.49. The quantitative estimate of drug-likeness (QED) is 0.544. The van der Waals surface area contributed by atoms with Crippen molar-refractivity contribution >= 4 is 41.5 Å². The van der Waals surface area contributed by atoms with Crippen molar-refractivity contribution < 1.29 is 28.7 Å². The molecule has 2 aliphatic rings. The zero-order valence-electron chi connectivity index (χ0n) is 16.4. The number of carbonyl (C=O) groups is 4. The number of barbiturate groups is 1. The molecule has 2 aromatic rings. The molecule has 0 bridgehead atoms. The summed E-state index contributed by atoms with van der Waals surface area (Å²) < 4.78 is 5.70. The number of amides is 4. The highest BCUT2D eigenvalue weighted by Crippen LogP contribution is 2.29. The van der Waals surface area contributed by atoms with E-state index in [4.69, 9.17) is 16.0 Å². The first kappa shape index (κ1) is 20.9. The normalized spacial score (nSPS) is 19.1. The number of carboxylic acid groups (broad SMARTS) is 1. The van der Waals surface area contributed by atoms with Crippen LogP contribution in [0.15, 0.2) is 40.3 Å². The van der Waals surface area contributed by atoms with Gasteiger partial charge in [-0.1, -0.05) is 30.9 Å². The van der Waals surface area contributed by atoms with Gasteiger partial charge in [0.2, 0.25) is 0 Å². The number of carbonyl (C=O) groups excluding carboxylic acids is 3. The maximum Gasteiger partial charge on any atom is 0.337 e. The molecule has 2 heterocycles. The fourth-order valence-corrected chi connectivity index (χ4v) is 4.11. The molecule has 4 amide bonds. The Bertz CT molecular complexity index is 1110. The largest absolute Gasteiger partial charge is 0.478 e. The molecule has 31 heavy (non-hydrogen) atoms. The van der Waals surface area contributed by atoms with Crippen LogP contribution in [0.4, 0.5) is 4.79 Å². The molecule has 1 aliphatic carbocycles. The van der Waals surface area contributed by atoms with Crippen molar-refractivity contribution in [3.05, 3.63) is 52.3 Å². The lowest BCUT2D eigenvalue weighted by Gasteiger charge is -2.35.